The van der Waals surface area contributed by atoms with Gasteiger partial charge in [0.05, 0.1) is 28.5 Å². The maximum atomic E-state index is 12.1. The van der Waals surface area contributed by atoms with Gasteiger partial charge >= 0.3 is 0 Å². The Morgan fingerprint density at radius 2 is 2.00 bits per heavy atom. The average Bonchev–Trinajstić information content (AvgIpc) is 3.01. The van der Waals surface area contributed by atoms with Gasteiger partial charge in [0.15, 0.2) is 0 Å². The third-order valence-corrected chi connectivity index (χ3v) is 3.63. The largest absolute Gasteiger partial charge is 0.346 e. The first-order valence-corrected chi connectivity index (χ1v) is 7.51. The maximum Gasteiger partial charge on any atom is 0.269 e. The molecule has 3 rings (SSSR count). The zero-order valence-corrected chi connectivity index (χ0v) is 13.4. The zero-order valence-electron chi connectivity index (χ0n) is 13.4. The monoisotopic (exact) mass is 337 g/mol. The van der Waals surface area contributed by atoms with E-state index in [1.54, 1.807) is 10.9 Å². The van der Waals surface area contributed by atoms with Gasteiger partial charge in [-0.15, -0.1) is 0 Å². The Kier molecular flexibility index (Phi) is 4.51. The van der Waals surface area contributed by atoms with Crippen LogP contribution in [0.5, 0.6) is 0 Å². The summed E-state index contributed by atoms with van der Waals surface area (Å²) in [4.78, 5) is 26.5. The highest BCUT2D eigenvalue weighted by Gasteiger charge is 2.12. The fourth-order valence-corrected chi connectivity index (χ4v) is 2.37. The molecule has 0 spiro atoms. The zero-order chi connectivity index (χ0) is 17.8. The van der Waals surface area contributed by atoms with Crippen LogP contribution >= 0.6 is 0 Å². The SMILES string of the molecule is Cn1nc(CNC(=O)c2ccc([N+](=O)[O-])cc2)cc1-c1ccccn1. The summed E-state index contributed by atoms with van der Waals surface area (Å²) < 4.78 is 1.70. The molecule has 0 radical (unpaired) electrons. The molecule has 0 saturated heterocycles. The summed E-state index contributed by atoms with van der Waals surface area (Å²) in [5, 5.41) is 17.7. The number of nitro benzene ring substituents is 1. The Morgan fingerprint density at radius 1 is 1.24 bits per heavy atom. The maximum absolute atomic E-state index is 12.1. The van der Waals surface area contributed by atoms with Gasteiger partial charge in [-0.25, -0.2) is 0 Å². The minimum absolute atomic E-state index is 0.0544. The number of amides is 1. The van der Waals surface area contributed by atoms with E-state index in [1.165, 1.54) is 24.3 Å². The molecule has 0 aliphatic heterocycles. The van der Waals surface area contributed by atoms with Gasteiger partial charge in [-0.3, -0.25) is 24.6 Å². The Hall–Kier alpha value is -3.55. The van der Waals surface area contributed by atoms with E-state index in [1.807, 2.05) is 31.3 Å². The molecule has 0 aliphatic rings. The number of hydrogen-bond donors (Lipinski definition) is 1. The van der Waals surface area contributed by atoms with Crippen molar-refractivity contribution in [3.63, 3.8) is 0 Å². The van der Waals surface area contributed by atoms with Crippen molar-refractivity contribution in [1.82, 2.24) is 20.1 Å². The van der Waals surface area contributed by atoms with Crippen LogP contribution in [-0.2, 0) is 13.6 Å². The molecule has 25 heavy (non-hydrogen) atoms. The molecule has 2 heterocycles. The quantitative estimate of drug-likeness (QED) is 0.568. The fourth-order valence-electron chi connectivity index (χ4n) is 2.37. The predicted octanol–water partition coefficient (Wildman–Crippen LogP) is 2.32. The van der Waals surface area contributed by atoms with E-state index in [0.717, 1.165) is 11.4 Å². The second-order valence-corrected chi connectivity index (χ2v) is 5.35. The fraction of sp³-hybridized carbons (Fsp3) is 0.118. The Morgan fingerprint density at radius 3 is 2.64 bits per heavy atom. The second kappa shape index (κ2) is 6.91. The molecule has 126 valence electrons. The number of carbonyl (C=O) groups is 1. The van der Waals surface area contributed by atoms with Crippen LogP contribution in [0.4, 0.5) is 5.69 Å². The number of hydrogen-bond acceptors (Lipinski definition) is 5. The van der Waals surface area contributed by atoms with Gasteiger partial charge in [0.1, 0.15) is 0 Å². The lowest BCUT2D eigenvalue weighted by Gasteiger charge is -2.02. The number of nitrogens with one attached hydrogen (secondary N) is 1. The van der Waals surface area contributed by atoms with Gasteiger partial charge in [-0.05, 0) is 30.3 Å². The van der Waals surface area contributed by atoms with Crippen molar-refractivity contribution < 1.29 is 9.72 Å². The van der Waals surface area contributed by atoms with E-state index >= 15 is 0 Å². The van der Waals surface area contributed by atoms with E-state index in [2.05, 4.69) is 15.4 Å². The molecule has 8 nitrogen and oxygen atoms in total. The molecule has 1 N–H and O–H groups in total. The highest BCUT2D eigenvalue weighted by molar-refractivity contribution is 5.94. The van der Waals surface area contributed by atoms with E-state index < -0.39 is 4.92 Å². The molecule has 8 heteroatoms. The first-order valence-electron chi connectivity index (χ1n) is 7.51. The van der Waals surface area contributed by atoms with Crippen LogP contribution in [0.15, 0.2) is 54.7 Å². The van der Waals surface area contributed by atoms with Crippen molar-refractivity contribution in [3.05, 3.63) is 76.1 Å². The lowest BCUT2D eigenvalue weighted by molar-refractivity contribution is -0.384. The number of nitro groups is 1. The number of nitrogens with zero attached hydrogens (tertiary/aromatic N) is 4. The lowest BCUT2D eigenvalue weighted by atomic mass is 10.2. The number of aryl methyl sites for hydroxylation is 1. The molecular weight excluding hydrogens is 322 g/mol. The van der Waals surface area contributed by atoms with Crippen LogP contribution in [0.2, 0.25) is 0 Å². The molecule has 1 amide bonds. The van der Waals surface area contributed by atoms with E-state index in [9.17, 15) is 14.9 Å². The van der Waals surface area contributed by atoms with Crippen LogP contribution in [0.3, 0.4) is 0 Å². The Labute approximate surface area is 143 Å². The molecule has 1 aromatic carbocycles. The van der Waals surface area contributed by atoms with Crippen molar-refractivity contribution in [1.29, 1.82) is 0 Å². The van der Waals surface area contributed by atoms with Crippen LogP contribution < -0.4 is 5.32 Å². The van der Waals surface area contributed by atoms with Crippen LogP contribution in [0.25, 0.3) is 11.4 Å². The summed E-state index contributed by atoms with van der Waals surface area (Å²) in [5.41, 5.74) is 2.64. The first kappa shape index (κ1) is 16.3. The van der Waals surface area contributed by atoms with Crippen LogP contribution in [-0.4, -0.2) is 25.6 Å². The van der Waals surface area contributed by atoms with Gasteiger partial charge < -0.3 is 5.32 Å². The summed E-state index contributed by atoms with van der Waals surface area (Å²) in [7, 11) is 1.81. The minimum Gasteiger partial charge on any atom is -0.346 e. The topological polar surface area (TPSA) is 103 Å². The standard InChI is InChI=1S/C17H15N5O3/c1-21-16(15-4-2-3-9-18-15)10-13(20-21)11-19-17(23)12-5-7-14(8-6-12)22(24)25/h2-10H,11H2,1H3,(H,19,23). The van der Waals surface area contributed by atoms with E-state index in [0.29, 0.717) is 11.3 Å². The number of aromatic nitrogens is 3. The minimum atomic E-state index is -0.505. The molecule has 0 atom stereocenters. The number of benzene rings is 1. The second-order valence-electron chi connectivity index (χ2n) is 5.35. The van der Waals surface area contributed by atoms with Gasteiger partial charge in [-0.2, -0.15) is 5.10 Å². The molecule has 3 aromatic rings. The van der Waals surface area contributed by atoms with Gasteiger partial charge in [-0.1, -0.05) is 6.07 Å². The summed E-state index contributed by atoms with van der Waals surface area (Å²) in [6.45, 7) is 0.247. The van der Waals surface area contributed by atoms with Gasteiger partial charge in [0.25, 0.3) is 11.6 Å². The van der Waals surface area contributed by atoms with Crippen LogP contribution in [0, 0.1) is 10.1 Å². The molecule has 0 saturated carbocycles. The summed E-state index contributed by atoms with van der Waals surface area (Å²) in [6.07, 6.45) is 1.71. The summed E-state index contributed by atoms with van der Waals surface area (Å²) in [5.74, 6) is -0.320. The highest BCUT2D eigenvalue weighted by Crippen LogP contribution is 2.17. The number of carbonyl (C=O) groups excluding carboxylic acids is 1. The molecule has 0 fully saturated rings. The van der Waals surface area contributed by atoms with Crippen molar-refractivity contribution in [2.24, 2.45) is 7.05 Å². The molecule has 0 aliphatic carbocycles. The highest BCUT2D eigenvalue weighted by atomic mass is 16.6. The molecular formula is C17H15N5O3. The number of non-ortho nitro benzene ring substituents is 1. The van der Waals surface area contributed by atoms with Crippen molar-refractivity contribution in [2.45, 2.75) is 6.54 Å². The molecule has 0 bridgehead atoms. The molecule has 0 unspecified atom stereocenters. The van der Waals surface area contributed by atoms with E-state index in [4.69, 9.17) is 0 Å². The average molecular weight is 337 g/mol. The normalized spacial score (nSPS) is 10.4. The Bertz CT molecular complexity index is 904. The smallest absolute Gasteiger partial charge is 0.269 e. The first-order chi connectivity index (χ1) is 12.0. The van der Waals surface area contributed by atoms with Crippen molar-refractivity contribution in [3.8, 4) is 11.4 Å². The third-order valence-electron chi connectivity index (χ3n) is 3.63. The van der Waals surface area contributed by atoms with Gasteiger partial charge in [0.2, 0.25) is 0 Å². The number of pyridine rings is 1. The van der Waals surface area contributed by atoms with Crippen molar-refractivity contribution in [2.75, 3.05) is 0 Å². The third kappa shape index (κ3) is 3.69. The summed E-state index contributed by atoms with van der Waals surface area (Å²) in [6, 6.07) is 12.9. The number of rotatable bonds is 5. The molecule has 2 aromatic heterocycles. The lowest BCUT2D eigenvalue weighted by Crippen LogP contribution is -2.23. The van der Waals surface area contributed by atoms with Crippen LogP contribution in [0.1, 0.15) is 16.1 Å². The summed E-state index contributed by atoms with van der Waals surface area (Å²) >= 11 is 0. The Balaban J connectivity index is 1.67. The van der Waals surface area contributed by atoms with Crippen molar-refractivity contribution >= 4 is 11.6 Å². The van der Waals surface area contributed by atoms with Gasteiger partial charge in [0, 0.05) is 30.9 Å². The predicted molar refractivity (Wildman–Crippen MR) is 90.7 cm³/mol. The van der Waals surface area contributed by atoms with E-state index in [-0.39, 0.29) is 18.1 Å².